The van der Waals surface area contributed by atoms with Gasteiger partial charge in [0, 0.05) is 5.56 Å². The zero-order valence-corrected chi connectivity index (χ0v) is 10.1. The summed E-state index contributed by atoms with van der Waals surface area (Å²) in [6, 6.07) is 11.6. The molecule has 94 valence electrons. The van der Waals surface area contributed by atoms with Gasteiger partial charge < -0.3 is 9.84 Å². The van der Waals surface area contributed by atoms with Crippen molar-refractivity contribution in [3.05, 3.63) is 47.7 Å². The summed E-state index contributed by atoms with van der Waals surface area (Å²) in [4.78, 5) is 15.3. The maximum atomic E-state index is 11.2. The summed E-state index contributed by atoms with van der Waals surface area (Å²) in [6.07, 6.45) is 0. The second-order valence-electron chi connectivity index (χ2n) is 3.71. The van der Waals surface area contributed by atoms with Crippen LogP contribution in [-0.2, 0) is 0 Å². The first-order valence-electron chi connectivity index (χ1n) is 5.45. The Kier molecular flexibility index (Phi) is 3.44. The Morgan fingerprint density at radius 1 is 1.32 bits per heavy atom. The molecule has 1 N–H and O–H groups in total. The summed E-state index contributed by atoms with van der Waals surface area (Å²) in [5, 5.41) is 18.1. The number of carboxylic acids is 1. The summed E-state index contributed by atoms with van der Waals surface area (Å²) in [6.45, 7) is 0. The third kappa shape index (κ3) is 2.38. The summed E-state index contributed by atoms with van der Waals surface area (Å²) >= 11 is 0. The highest BCUT2D eigenvalue weighted by Crippen LogP contribution is 2.30. The van der Waals surface area contributed by atoms with Gasteiger partial charge in [0.2, 0.25) is 0 Å². The molecule has 5 nitrogen and oxygen atoms in total. The Morgan fingerprint density at radius 2 is 2.05 bits per heavy atom. The van der Waals surface area contributed by atoms with Gasteiger partial charge >= 0.3 is 5.97 Å². The van der Waals surface area contributed by atoms with Crippen molar-refractivity contribution in [3.63, 3.8) is 0 Å². The van der Waals surface area contributed by atoms with E-state index in [1.807, 2.05) is 6.07 Å². The number of para-hydroxylation sites is 1. The molecule has 0 aliphatic rings. The van der Waals surface area contributed by atoms with Crippen molar-refractivity contribution in [1.82, 2.24) is 4.98 Å². The fourth-order valence-electron chi connectivity index (χ4n) is 1.74. The van der Waals surface area contributed by atoms with E-state index in [2.05, 4.69) is 4.98 Å². The van der Waals surface area contributed by atoms with Gasteiger partial charge in [-0.3, -0.25) is 0 Å². The van der Waals surface area contributed by atoms with Gasteiger partial charge in [-0.1, -0.05) is 12.1 Å². The molecule has 0 spiro atoms. The molecule has 0 unspecified atom stereocenters. The highest BCUT2D eigenvalue weighted by atomic mass is 16.5. The van der Waals surface area contributed by atoms with Crippen molar-refractivity contribution in [1.29, 1.82) is 5.26 Å². The number of hydrogen-bond donors (Lipinski definition) is 1. The van der Waals surface area contributed by atoms with Crippen molar-refractivity contribution < 1.29 is 14.6 Å². The second kappa shape index (κ2) is 5.19. The number of hydrogen-bond acceptors (Lipinski definition) is 4. The van der Waals surface area contributed by atoms with Crippen molar-refractivity contribution in [2.75, 3.05) is 7.11 Å². The predicted molar refractivity (Wildman–Crippen MR) is 67.9 cm³/mol. The average Bonchev–Trinajstić information content (AvgIpc) is 2.46. The minimum atomic E-state index is -1.10. The van der Waals surface area contributed by atoms with Crippen molar-refractivity contribution in [3.8, 4) is 23.1 Å². The molecule has 2 aromatic rings. The van der Waals surface area contributed by atoms with Crippen LogP contribution in [-0.4, -0.2) is 23.2 Å². The highest BCUT2D eigenvalue weighted by Gasteiger charge is 2.17. The molecule has 0 saturated heterocycles. The topological polar surface area (TPSA) is 83.2 Å². The molecule has 1 aromatic carbocycles. The number of aromatic carboxylic acids is 1. The zero-order chi connectivity index (χ0) is 13.8. The third-order valence-electron chi connectivity index (χ3n) is 2.60. The highest BCUT2D eigenvalue weighted by molar-refractivity contribution is 5.95. The number of benzene rings is 1. The van der Waals surface area contributed by atoms with E-state index in [9.17, 15) is 9.90 Å². The van der Waals surface area contributed by atoms with Gasteiger partial charge in [0.1, 0.15) is 17.5 Å². The van der Waals surface area contributed by atoms with Crippen molar-refractivity contribution in [2.45, 2.75) is 0 Å². The number of carboxylic acid groups (broad SMARTS) is 1. The van der Waals surface area contributed by atoms with Crippen molar-refractivity contribution in [2.24, 2.45) is 0 Å². The lowest BCUT2D eigenvalue weighted by Crippen LogP contribution is -2.03. The number of nitriles is 1. The lowest BCUT2D eigenvalue weighted by atomic mass is 10.0. The fraction of sp³-hybridized carbons (Fsp3) is 0.0714. The Balaban J connectivity index is 2.72. The Labute approximate surface area is 109 Å². The van der Waals surface area contributed by atoms with Gasteiger partial charge in [-0.05, 0) is 24.3 Å². The molecule has 0 amide bonds. The molecule has 2 rings (SSSR count). The third-order valence-corrected chi connectivity index (χ3v) is 2.60. The van der Waals surface area contributed by atoms with E-state index in [1.165, 1.54) is 19.2 Å². The number of nitrogens with zero attached hydrogens (tertiary/aromatic N) is 2. The minimum Gasteiger partial charge on any atom is -0.496 e. The van der Waals surface area contributed by atoms with Crippen LogP contribution < -0.4 is 4.74 Å². The largest absolute Gasteiger partial charge is 0.496 e. The molecule has 5 heteroatoms. The zero-order valence-electron chi connectivity index (χ0n) is 10.1. The van der Waals surface area contributed by atoms with E-state index >= 15 is 0 Å². The van der Waals surface area contributed by atoms with Crippen LogP contribution in [0.5, 0.6) is 5.75 Å². The maximum Gasteiger partial charge on any atom is 0.337 e. The van der Waals surface area contributed by atoms with Crippen LogP contribution in [0.3, 0.4) is 0 Å². The second-order valence-corrected chi connectivity index (χ2v) is 3.71. The first kappa shape index (κ1) is 12.6. The molecule has 19 heavy (non-hydrogen) atoms. The van der Waals surface area contributed by atoms with Gasteiger partial charge in [0.15, 0.2) is 0 Å². The lowest BCUT2D eigenvalue weighted by molar-refractivity contribution is 0.0697. The van der Waals surface area contributed by atoms with Crippen molar-refractivity contribution >= 4 is 5.97 Å². The smallest absolute Gasteiger partial charge is 0.337 e. The predicted octanol–water partition coefficient (Wildman–Crippen LogP) is 2.33. The fourth-order valence-corrected chi connectivity index (χ4v) is 1.74. The monoisotopic (exact) mass is 254 g/mol. The minimum absolute atomic E-state index is 0.0310. The molecule has 0 aliphatic heterocycles. The van der Waals surface area contributed by atoms with Crippen LogP contribution in [0.15, 0.2) is 36.4 Å². The van der Waals surface area contributed by atoms with Crippen LogP contribution >= 0.6 is 0 Å². The number of ether oxygens (including phenoxy) is 1. The summed E-state index contributed by atoms with van der Waals surface area (Å²) in [5.74, 6) is -0.592. The van der Waals surface area contributed by atoms with Gasteiger partial charge in [-0.15, -0.1) is 0 Å². The molecular formula is C14H10N2O3. The molecule has 0 aliphatic carbocycles. The number of carbonyl (C=O) groups is 1. The average molecular weight is 254 g/mol. The SMILES string of the molecule is COc1ccccc1-c1nc(C#N)ccc1C(=O)O. The molecule has 0 radical (unpaired) electrons. The Hall–Kier alpha value is -2.87. The quantitative estimate of drug-likeness (QED) is 0.908. The lowest BCUT2D eigenvalue weighted by Gasteiger charge is -2.10. The summed E-state index contributed by atoms with van der Waals surface area (Å²) in [5.41, 5.74) is 0.956. The number of pyridine rings is 1. The van der Waals surface area contributed by atoms with Gasteiger partial charge in [0.25, 0.3) is 0 Å². The van der Waals surface area contributed by atoms with E-state index in [-0.39, 0.29) is 17.0 Å². The summed E-state index contributed by atoms with van der Waals surface area (Å²) < 4.78 is 5.19. The maximum absolute atomic E-state index is 11.2. The standard InChI is InChI=1S/C14H10N2O3/c1-19-12-5-3-2-4-10(12)13-11(14(17)18)7-6-9(8-15)16-13/h2-7H,1H3,(H,17,18). The molecule has 1 aromatic heterocycles. The van der Waals surface area contributed by atoms with Crippen LogP contribution in [0.25, 0.3) is 11.3 Å². The first-order chi connectivity index (χ1) is 9.17. The molecule has 0 saturated carbocycles. The van der Waals surface area contributed by atoms with Gasteiger partial charge in [0.05, 0.1) is 18.4 Å². The first-order valence-corrected chi connectivity index (χ1v) is 5.45. The van der Waals surface area contributed by atoms with E-state index in [1.54, 1.807) is 24.3 Å². The van der Waals surface area contributed by atoms with Crippen LogP contribution in [0, 0.1) is 11.3 Å². The van der Waals surface area contributed by atoms with Crippen LogP contribution in [0.1, 0.15) is 16.1 Å². The van der Waals surface area contributed by atoms with E-state index < -0.39 is 5.97 Å². The van der Waals surface area contributed by atoms with E-state index in [0.29, 0.717) is 11.3 Å². The van der Waals surface area contributed by atoms with Gasteiger partial charge in [-0.2, -0.15) is 5.26 Å². The van der Waals surface area contributed by atoms with E-state index in [0.717, 1.165) is 0 Å². The Bertz CT molecular complexity index is 675. The van der Waals surface area contributed by atoms with E-state index in [4.69, 9.17) is 10.00 Å². The molecule has 0 fully saturated rings. The molecular weight excluding hydrogens is 244 g/mol. The summed E-state index contributed by atoms with van der Waals surface area (Å²) in [7, 11) is 1.49. The molecule has 1 heterocycles. The number of aromatic nitrogens is 1. The number of rotatable bonds is 3. The molecule has 0 atom stereocenters. The number of methoxy groups -OCH3 is 1. The Morgan fingerprint density at radius 3 is 2.68 bits per heavy atom. The molecule has 0 bridgehead atoms. The van der Waals surface area contributed by atoms with Gasteiger partial charge in [-0.25, -0.2) is 9.78 Å². The normalized spacial score (nSPS) is 9.68. The van der Waals surface area contributed by atoms with Crippen LogP contribution in [0.2, 0.25) is 0 Å². The van der Waals surface area contributed by atoms with Crippen LogP contribution in [0.4, 0.5) is 0 Å².